The quantitative estimate of drug-likeness (QED) is 0.386. The van der Waals surface area contributed by atoms with Gasteiger partial charge in [-0.05, 0) is 30.3 Å². The molecule has 0 amide bonds. The molecule has 0 aliphatic heterocycles. The van der Waals surface area contributed by atoms with Gasteiger partial charge in [0.25, 0.3) is 0 Å². The molecule has 126 valence electrons. The molecule has 0 saturated carbocycles. The largest absolute Gasteiger partial charge is 0.332 e. The minimum absolute atomic E-state index is 1.20. The Kier molecular flexibility index (Phi) is 4.65. The third-order valence-electron chi connectivity index (χ3n) is 4.88. The Bertz CT molecular complexity index is 943. The van der Waals surface area contributed by atoms with Crippen molar-refractivity contribution < 1.29 is 4.57 Å². The van der Waals surface area contributed by atoms with Crippen LogP contribution in [-0.4, -0.2) is 6.66 Å². The zero-order valence-corrected chi connectivity index (χ0v) is 15.8. The number of hydrogen-bond acceptors (Lipinski definition) is 0. The van der Waals surface area contributed by atoms with Crippen molar-refractivity contribution in [2.24, 2.45) is 0 Å². The summed E-state index contributed by atoms with van der Waals surface area (Å²) in [6.45, 7) is 2.42. The van der Waals surface area contributed by atoms with Crippen molar-refractivity contribution in [1.29, 1.82) is 0 Å². The van der Waals surface area contributed by atoms with Crippen molar-refractivity contribution in [3.8, 4) is 5.69 Å². The topological polar surface area (TPSA) is 3.88 Å². The van der Waals surface area contributed by atoms with E-state index in [1.54, 1.807) is 0 Å². The molecule has 0 spiro atoms. The van der Waals surface area contributed by atoms with Gasteiger partial charge < -0.3 is 0 Å². The summed E-state index contributed by atoms with van der Waals surface area (Å²) in [6.07, 6.45) is 2.18. The number of pyridine rings is 1. The Morgan fingerprint density at radius 1 is 0.538 bits per heavy atom. The Hall–Kier alpha value is -2.76. The maximum atomic E-state index is 2.42. The van der Waals surface area contributed by atoms with Crippen LogP contribution in [0, 0.1) is 0 Å². The molecule has 4 rings (SSSR count). The molecule has 0 unspecified atom stereocenters. The van der Waals surface area contributed by atoms with E-state index in [4.69, 9.17) is 0 Å². The lowest BCUT2D eigenvalue weighted by Crippen LogP contribution is -2.51. The predicted octanol–water partition coefficient (Wildman–Crippen LogP) is 3.89. The zero-order valence-electron chi connectivity index (χ0n) is 14.9. The highest BCUT2D eigenvalue weighted by Crippen LogP contribution is 2.50. The highest BCUT2D eigenvalue weighted by Gasteiger charge is 2.47. The van der Waals surface area contributed by atoms with Crippen molar-refractivity contribution in [2.45, 2.75) is 0 Å². The third kappa shape index (κ3) is 2.96. The normalized spacial score (nSPS) is 11.3. The molecule has 0 aliphatic carbocycles. The second-order valence-electron chi connectivity index (χ2n) is 6.44. The molecule has 1 nitrogen and oxygen atoms in total. The molecule has 0 atom stereocenters. The van der Waals surface area contributed by atoms with E-state index in [1.165, 1.54) is 21.7 Å². The van der Waals surface area contributed by atoms with Crippen LogP contribution >= 0.6 is 7.26 Å². The average Bonchev–Trinajstić information content (AvgIpc) is 2.75. The van der Waals surface area contributed by atoms with Gasteiger partial charge in [0, 0.05) is 24.3 Å². The van der Waals surface area contributed by atoms with Gasteiger partial charge >= 0.3 is 5.44 Å². The molecule has 2 heteroatoms. The van der Waals surface area contributed by atoms with Gasteiger partial charge in [0.2, 0.25) is 5.69 Å². The van der Waals surface area contributed by atoms with E-state index in [9.17, 15) is 0 Å². The zero-order chi connectivity index (χ0) is 17.8. The van der Waals surface area contributed by atoms with Crippen molar-refractivity contribution in [1.82, 2.24) is 0 Å². The Balaban J connectivity index is 2.01. The van der Waals surface area contributed by atoms with E-state index in [0.29, 0.717) is 0 Å². The average molecular weight is 355 g/mol. The monoisotopic (exact) mass is 355 g/mol. The summed E-state index contributed by atoms with van der Waals surface area (Å²) in [5, 5.41) is 2.78. The summed E-state index contributed by atoms with van der Waals surface area (Å²) in [6, 6.07) is 39.0. The highest BCUT2D eigenvalue weighted by atomic mass is 31.2. The van der Waals surface area contributed by atoms with Crippen LogP contribution in [0.25, 0.3) is 5.69 Å². The summed E-state index contributed by atoms with van der Waals surface area (Å²) < 4.78 is 2.34. The van der Waals surface area contributed by atoms with Gasteiger partial charge in [-0.25, -0.2) is 0 Å². The van der Waals surface area contributed by atoms with Crippen LogP contribution < -0.4 is 20.6 Å². The van der Waals surface area contributed by atoms with E-state index in [2.05, 4.69) is 127 Å². The molecule has 1 aromatic heterocycles. The van der Waals surface area contributed by atoms with E-state index < -0.39 is 7.26 Å². The van der Waals surface area contributed by atoms with E-state index in [0.717, 1.165) is 0 Å². The summed E-state index contributed by atoms with van der Waals surface area (Å²) >= 11 is 0. The molecule has 0 aliphatic rings. The maximum Gasteiger partial charge on any atom is 0.332 e. The summed E-state index contributed by atoms with van der Waals surface area (Å²) in [5.74, 6) is 0. The van der Waals surface area contributed by atoms with Crippen LogP contribution in [0.4, 0.5) is 0 Å². The second-order valence-corrected chi connectivity index (χ2v) is 9.95. The molecule has 4 aromatic rings. The first-order chi connectivity index (χ1) is 12.8. The number of benzene rings is 3. The molecule has 26 heavy (non-hydrogen) atoms. The second kappa shape index (κ2) is 7.23. The molecule has 0 bridgehead atoms. The van der Waals surface area contributed by atoms with Gasteiger partial charge in [-0.1, -0.05) is 54.6 Å². The fraction of sp³-hybridized carbons (Fsp3) is 0.0417. The minimum Gasteiger partial charge on any atom is -0.130 e. The SMILES string of the molecule is C[P+](c1ccccc1)(c1ccccc1)c1cccc[n+]1-c1ccccc1. The number of aromatic nitrogens is 1. The lowest BCUT2D eigenvalue weighted by molar-refractivity contribution is -0.576. The molecule has 0 fully saturated rings. The first-order valence-corrected chi connectivity index (χ1v) is 11.1. The van der Waals surface area contributed by atoms with Crippen molar-refractivity contribution in [3.05, 3.63) is 115 Å². The first kappa shape index (κ1) is 16.7. The van der Waals surface area contributed by atoms with Gasteiger partial charge in [-0.3, -0.25) is 0 Å². The number of rotatable bonds is 4. The fourth-order valence-electron chi connectivity index (χ4n) is 3.47. The van der Waals surface area contributed by atoms with Crippen molar-refractivity contribution in [2.75, 3.05) is 6.66 Å². The summed E-state index contributed by atoms with van der Waals surface area (Å²) in [4.78, 5) is 0. The Morgan fingerprint density at radius 2 is 1.00 bits per heavy atom. The summed E-state index contributed by atoms with van der Waals surface area (Å²) in [7, 11) is -1.77. The smallest absolute Gasteiger partial charge is 0.130 e. The van der Waals surface area contributed by atoms with Gasteiger partial charge in [0.1, 0.15) is 10.6 Å². The van der Waals surface area contributed by atoms with Gasteiger partial charge in [0.05, 0.1) is 6.66 Å². The molecule has 3 aromatic carbocycles. The lowest BCUT2D eigenvalue weighted by atomic mass is 10.3. The van der Waals surface area contributed by atoms with Crippen LogP contribution in [0.5, 0.6) is 0 Å². The minimum atomic E-state index is -1.77. The molecular formula is C24H22NP+2. The third-order valence-corrected chi connectivity index (χ3v) is 8.82. The number of para-hydroxylation sites is 1. The van der Waals surface area contributed by atoms with Gasteiger partial charge in [0.15, 0.2) is 13.5 Å². The molecule has 0 saturated heterocycles. The first-order valence-electron chi connectivity index (χ1n) is 8.84. The molecule has 0 radical (unpaired) electrons. The maximum absolute atomic E-state index is 2.42. The molecular weight excluding hydrogens is 333 g/mol. The lowest BCUT2D eigenvalue weighted by Gasteiger charge is -2.20. The van der Waals surface area contributed by atoms with Gasteiger partial charge in [-0.2, -0.15) is 0 Å². The fourth-order valence-corrected chi connectivity index (χ4v) is 6.83. The predicted molar refractivity (Wildman–Crippen MR) is 113 cm³/mol. The Morgan fingerprint density at radius 3 is 1.54 bits per heavy atom. The van der Waals surface area contributed by atoms with Crippen LogP contribution in [0.15, 0.2) is 115 Å². The van der Waals surface area contributed by atoms with Crippen molar-refractivity contribution in [3.63, 3.8) is 0 Å². The van der Waals surface area contributed by atoms with Gasteiger partial charge in [-0.15, -0.1) is 4.57 Å². The standard InChI is InChI=1S/C24H22NP/c1-26(22-15-7-3-8-16-22,23-17-9-4-10-18-23)24-19-11-12-20-25(24)21-13-5-2-6-14-21/h2-20H,1H3/q+2. The Labute approximate surface area is 155 Å². The van der Waals surface area contributed by atoms with Crippen LogP contribution in [0.1, 0.15) is 0 Å². The van der Waals surface area contributed by atoms with E-state index in [1.807, 2.05) is 0 Å². The van der Waals surface area contributed by atoms with Crippen LogP contribution in [-0.2, 0) is 0 Å². The molecule has 1 heterocycles. The van der Waals surface area contributed by atoms with Crippen molar-refractivity contribution >= 4 is 23.3 Å². The van der Waals surface area contributed by atoms with Crippen LogP contribution in [0.2, 0.25) is 0 Å². The van der Waals surface area contributed by atoms with E-state index >= 15 is 0 Å². The summed E-state index contributed by atoms with van der Waals surface area (Å²) in [5.41, 5.74) is 2.55. The van der Waals surface area contributed by atoms with Crippen LogP contribution in [0.3, 0.4) is 0 Å². The molecule has 0 N–H and O–H groups in total. The number of nitrogens with zero attached hydrogens (tertiary/aromatic N) is 1. The highest BCUT2D eigenvalue weighted by molar-refractivity contribution is 7.94. The van der Waals surface area contributed by atoms with E-state index in [-0.39, 0.29) is 0 Å². The number of hydrogen-bond donors (Lipinski definition) is 0.